The van der Waals surface area contributed by atoms with Crippen LogP contribution in [-0.4, -0.2) is 9.13 Å². The Kier molecular flexibility index (Phi) is 14.4. The van der Waals surface area contributed by atoms with Gasteiger partial charge >= 0.3 is 0 Å². The van der Waals surface area contributed by atoms with E-state index < -0.39 is 0 Å². The lowest BCUT2D eigenvalue weighted by Gasteiger charge is -2.37. The molecule has 2 aromatic heterocycles. The van der Waals surface area contributed by atoms with E-state index in [0.717, 1.165) is 22.6 Å². The zero-order valence-corrected chi connectivity index (χ0v) is 48.0. The molecule has 3 heterocycles. The van der Waals surface area contributed by atoms with Gasteiger partial charge in [0.2, 0.25) is 0 Å². The van der Waals surface area contributed by atoms with Crippen LogP contribution in [0, 0.1) is 0 Å². The highest BCUT2D eigenvalue weighted by Crippen LogP contribution is 2.55. The monoisotopic (exact) mass is 985 g/mol. The van der Waals surface area contributed by atoms with Gasteiger partial charge in [-0.15, -0.1) is 0 Å². The molecule has 9 rings (SSSR count). The highest BCUT2D eigenvalue weighted by atomic mass is 16.5. The fourth-order valence-electron chi connectivity index (χ4n) is 11.9. The molecule has 5 nitrogen and oxygen atoms in total. The van der Waals surface area contributed by atoms with Crippen molar-refractivity contribution in [3.63, 3.8) is 0 Å². The normalized spacial score (nSPS) is 13.4. The first-order chi connectivity index (χ1) is 35.1. The largest absolute Gasteiger partial charge is 0.455 e. The highest BCUT2D eigenvalue weighted by molar-refractivity contribution is 5.83. The molecule has 6 aromatic carbocycles. The minimum Gasteiger partial charge on any atom is -0.455 e. The Labute approximate surface area is 444 Å². The predicted octanol–water partition coefficient (Wildman–Crippen LogP) is 18.6. The lowest BCUT2D eigenvalue weighted by Crippen LogP contribution is -2.32. The van der Waals surface area contributed by atoms with E-state index in [1.165, 1.54) is 89.5 Å². The Morgan fingerprint density at radius 2 is 0.662 bits per heavy atom. The Morgan fingerprint density at radius 3 is 0.946 bits per heavy atom. The molecule has 0 saturated heterocycles. The van der Waals surface area contributed by atoms with Crippen LogP contribution in [0.15, 0.2) is 135 Å². The molecule has 0 N–H and O–H groups in total. The molecule has 1 aliphatic rings. The number of ether oxygens (including phenoxy) is 1. The maximum Gasteiger partial charge on any atom is 0.254 e. The predicted molar refractivity (Wildman–Crippen MR) is 310 cm³/mol. The number of hydrogen-bond acceptors (Lipinski definition) is 1. The molecule has 0 unspecified atom stereocenters. The summed E-state index contributed by atoms with van der Waals surface area (Å²) in [5.74, 6) is 4.60. The van der Waals surface area contributed by atoms with Crippen LogP contribution in [0.25, 0.3) is 45.0 Å². The number of fused-ring (bicyclic) bond motifs is 2. The molecule has 384 valence electrons. The minimum atomic E-state index is -0.321. The van der Waals surface area contributed by atoms with E-state index in [1.807, 2.05) is 0 Å². The summed E-state index contributed by atoms with van der Waals surface area (Å²) in [5, 5.41) is 0. The van der Waals surface area contributed by atoms with Crippen LogP contribution in [0.3, 0.4) is 0 Å². The maximum atomic E-state index is 7.52. The van der Waals surface area contributed by atoms with E-state index in [0.29, 0.717) is 23.7 Å². The Morgan fingerprint density at radius 1 is 0.378 bits per heavy atom. The number of benzene rings is 6. The van der Waals surface area contributed by atoms with Crippen LogP contribution in [0.5, 0.6) is 11.5 Å². The van der Waals surface area contributed by atoms with Crippen LogP contribution in [0.1, 0.15) is 228 Å². The van der Waals surface area contributed by atoms with Crippen molar-refractivity contribution in [1.82, 2.24) is 9.13 Å². The summed E-state index contributed by atoms with van der Waals surface area (Å²) in [6.07, 6.45) is 13.6. The number of nitrogens with zero attached hydrogens (tertiary/aromatic N) is 4. The lowest BCUT2D eigenvalue weighted by atomic mass is 9.73. The van der Waals surface area contributed by atoms with E-state index in [-0.39, 0.29) is 29.1 Å². The number of imidazole rings is 2. The second kappa shape index (κ2) is 20.3. The molecule has 5 heteroatoms. The third-order valence-corrected chi connectivity index (χ3v) is 16.0. The van der Waals surface area contributed by atoms with Gasteiger partial charge in [0, 0.05) is 72.2 Å². The van der Waals surface area contributed by atoms with Gasteiger partial charge in [-0.25, -0.2) is 18.3 Å². The molecule has 0 bridgehead atoms. The molecule has 0 spiro atoms. The van der Waals surface area contributed by atoms with E-state index >= 15 is 0 Å². The summed E-state index contributed by atoms with van der Waals surface area (Å²) in [7, 11) is 0. The van der Waals surface area contributed by atoms with Crippen molar-refractivity contribution >= 4 is 0 Å². The average Bonchev–Trinajstić information content (AvgIpc) is 4.06. The molecule has 1 aliphatic heterocycles. The summed E-state index contributed by atoms with van der Waals surface area (Å²) in [5.41, 5.74) is 22.6. The topological polar surface area (TPSA) is 26.8 Å². The average molecular weight is 985 g/mol. The summed E-state index contributed by atoms with van der Waals surface area (Å²) in [6, 6.07) is 37.0. The van der Waals surface area contributed by atoms with Crippen LogP contribution >= 0.6 is 0 Å². The fourth-order valence-corrected chi connectivity index (χ4v) is 11.9. The van der Waals surface area contributed by atoms with E-state index in [2.05, 4.69) is 277 Å². The highest BCUT2D eigenvalue weighted by Gasteiger charge is 2.38. The van der Waals surface area contributed by atoms with Gasteiger partial charge in [-0.3, -0.25) is 0 Å². The van der Waals surface area contributed by atoms with Crippen molar-refractivity contribution in [3.8, 4) is 56.5 Å². The number of rotatable bonds is 14. The van der Waals surface area contributed by atoms with Crippen molar-refractivity contribution in [2.45, 2.75) is 177 Å². The second-order valence-corrected chi connectivity index (χ2v) is 24.4. The molecule has 0 fully saturated rings. The molecule has 0 saturated carbocycles. The molecule has 74 heavy (non-hydrogen) atoms. The Bertz CT molecular complexity index is 3030. The van der Waals surface area contributed by atoms with E-state index in [9.17, 15) is 0 Å². The standard InChI is InChI=1S/C69H84N4O/c1-41(2)51-23-19-24-52(42(3)4)63(51)70-31-33-72(39-70)65-57(45(9)10)35-49(36-58(65)46(11)12)55-27-21-29-61-67(55)74-68-56(28-22-30-62(68)69(61,17)18)50-37-59(47(13)14)66(60(38-50)48(15)16)73-34-32-71(40-73)64-53(43(5)6)25-20-26-54(64)44(7)8/h19-48H,1-18H3/q+2. The zero-order valence-electron chi connectivity index (χ0n) is 48.0. The Balaban J connectivity index is 1.17. The van der Waals surface area contributed by atoms with Crippen LogP contribution < -0.4 is 13.9 Å². The Hall–Kier alpha value is -6.46. The molecule has 0 amide bonds. The summed E-state index contributed by atoms with van der Waals surface area (Å²) in [4.78, 5) is 0. The first-order valence-electron chi connectivity index (χ1n) is 27.9. The minimum absolute atomic E-state index is 0.273. The molecule has 0 atom stereocenters. The van der Waals surface area contributed by atoms with Crippen LogP contribution in [0.4, 0.5) is 0 Å². The third kappa shape index (κ3) is 9.28. The molecular formula is C69H84N4O+2. The number of hydrogen-bond donors (Lipinski definition) is 0. The smallest absolute Gasteiger partial charge is 0.254 e. The fraction of sp³-hybridized carbons (Fsp3) is 0.391. The summed E-state index contributed by atoms with van der Waals surface area (Å²) in [6.45, 7) is 41.9. The molecular weight excluding hydrogens is 901 g/mol. The zero-order chi connectivity index (χ0) is 53.2. The van der Waals surface area contributed by atoms with Gasteiger partial charge in [0.1, 0.15) is 59.0 Å². The van der Waals surface area contributed by atoms with Crippen LogP contribution in [-0.2, 0) is 5.41 Å². The van der Waals surface area contributed by atoms with Crippen molar-refractivity contribution < 1.29 is 13.9 Å². The molecule has 8 aromatic rings. The van der Waals surface area contributed by atoms with Crippen molar-refractivity contribution in [2.75, 3.05) is 0 Å². The first-order valence-corrected chi connectivity index (χ1v) is 27.9. The van der Waals surface area contributed by atoms with Gasteiger partial charge in [-0.1, -0.05) is 197 Å². The van der Waals surface area contributed by atoms with E-state index in [1.54, 1.807) is 0 Å². The van der Waals surface area contributed by atoms with Crippen molar-refractivity contribution in [3.05, 3.63) is 190 Å². The molecule has 0 radical (unpaired) electrons. The van der Waals surface area contributed by atoms with E-state index in [4.69, 9.17) is 4.74 Å². The van der Waals surface area contributed by atoms with Gasteiger partial charge in [0.25, 0.3) is 12.7 Å². The maximum absolute atomic E-state index is 7.52. The summed E-state index contributed by atoms with van der Waals surface area (Å²) >= 11 is 0. The van der Waals surface area contributed by atoms with Gasteiger partial charge in [0.05, 0.1) is 0 Å². The summed E-state index contributed by atoms with van der Waals surface area (Å²) < 4.78 is 17.0. The third-order valence-electron chi connectivity index (χ3n) is 16.0. The first kappa shape index (κ1) is 52.4. The van der Waals surface area contributed by atoms with Gasteiger partial charge in [0.15, 0.2) is 0 Å². The molecule has 0 aliphatic carbocycles. The number of aromatic nitrogens is 4. The SMILES string of the molecule is CC(C)c1cc(-c2cccc3c2Oc2c(-c4cc(C(C)C)c(-n5cc[n+](-c6c(C(C)C)cccc6C(C)C)c5)c(C(C)C)c4)cccc2C3(C)C)cc(C(C)C)c1-n1cc[n+](-c2c(C(C)C)cccc2C(C)C)c1. The van der Waals surface area contributed by atoms with Gasteiger partial charge in [-0.2, -0.15) is 0 Å². The second-order valence-electron chi connectivity index (χ2n) is 24.4. The van der Waals surface area contributed by atoms with Gasteiger partial charge < -0.3 is 4.74 Å². The van der Waals surface area contributed by atoms with Crippen LogP contribution in [0.2, 0.25) is 0 Å². The number of para-hydroxylation sites is 4. The van der Waals surface area contributed by atoms with Gasteiger partial charge in [-0.05, 0) is 82.7 Å². The lowest BCUT2D eigenvalue weighted by molar-refractivity contribution is -0.596. The quantitative estimate of drug-likeness (QED) is 0.0998. The van der Waals surface area contributed by atoms with Crippen molar-refractivity contribution in [2.24, 2.45) is 0 Å². The van der Waals surface area contributed by atoms with Crippen molar-refractivity contribution in [1.29, 1.82) is 0 Å².